The molecule has 0 aliphatic heterocycles. The lowest BCUT2D eigenvalue weighted by atomic mass is 10.1. The first-order valence-corrected chi connectivity index (χ1v) is 12.4. The Labute approximate surface area is 205 Å². The van der Waals surface area contributed by atoms with Crippen LogP contribution in [0.1, 0.15) is 32.3 Å². The molecule has 0 bridgehead atoms. The predicted molar refractivity (Wildman–Crippen MR) is 132 cm³/mol. The molecule has 34 heavy (non-hydrogen) atoms. The zero-order chi connectivity index (χ0) is 24.6. The van der Waals surface area contributed by atoms with Crippen LogP contribution in [0.5, 0.6) is 0 Å². The van der Waals surface area contributed by atoms with Gasteiger partial charge in [0.2, 0.25) is 0 Å². The molecule has 0 fully saturated rings. The first-order valence-electron chi connectivity index (χ1n) is 10.8. The van der Waals surface area contributed by atoms with E-state index in [1.165, 1.54) is 24.1 Å². The third-order valence-corrected chi connectivity index (χ3v) is 6.48. The average Bonchev–Trinajstić information content (AvgIpc) is 3.27. The minimum atomic E-state index is -4.69. The summed E-state index contributed by atoms with van der Waals surface area (Å²) in [4.78, 5) is 21.5. The Morgan fingerprint density at radius 2 is 1.85 bits per heavy atom. The topological polar surface area (TPSA) is 58.1 Å². The number of hydrogen-bond acceptors (Lipinski definition) is 6. The van der Waals surface area contributed by atoms with E-state index in [-0.39, 0.29) is 10.7 Å². The predicted octanol–water partition coefficient (Wildman–Crippen LogP) is 6.92. The van der Waals surface area contributed by atoms with E-state index in [4.69, 9.17) is 0 Å². The van der Waals surface area contributed by atoms with Crippen molar-refractivity contribution in [3.05, 3.63) is 65.8 Å². The van der Waals surface area contributed by atoms with Gasteiger partial charge in [0.25, 0.3) is 5.91 Å². The number of nitrogens with one attached hydrogen (secondary N) is 1. The van der Waals surface area contributed by atoms with Gasteiger partial charge in [0, 0.05) is 47.4 Å². The Morgan fingerprint density at radius 1 is 1.15 bits per heavy atom. The molecule has 0 unspecified atom stereocenters. The SMILES string of the molecule is CCCN(CCC)Sc1ccc(/C(=C/C(=O)Nc2nc(-c3cccnc3)cs2)C(F)(F)F)cc1. The van der Waals surface area contributed by atoms with Crippen molar-refractivity contribution in [3.8, 4) is 11.3 Å². The number of benzene rings is 1. The molecular weight excluding hydrogens is 481 g/mol. The van der Waals surface area contributed by atoms with Gasteiger partial charge in [-0.05, 0) is 54.6 Å². The lowest BCUT2D eigenvalue weighted by Crippen LogP contribution is -2.17. The van der Waals surface area contributed by atoms with Gasteiger partial charge in [-0.15, -0.1) is 11.3 Å². The van der Waals surface area contributed by atoms with Crippen LogP contribution in [0.3, 0.4) is 0 Å². The normalized spacial score (nSPS) is 12.2. The smallest absolute Gasteiger partial charge is 0.298 e. The van der Waals surface area contributed by atoms with Gasteiger partial charge in [0.1, 0.15) is 0 Å². The summed E-state index contributed by atoms with van der Waals surface area (Å²) in [6, 6.07) is 9.65. The van der Waals surface area contributed by atoms with Crippen molar-refractivity contribution >= 4 is 39.9 Å². The number of pyridine rings is 1. The lowest BCUT2D eigenvalue weighted by molar-refractivity contribution is -0.112. The standard InChI is InChI=1S/C24H25F3N4OS2/c1-3-12-31(13-4-2)34-19-9-7-17(8-10-19)20(24(25,26)27)14-22(32)30-23-29-21(16-33-23)18-6-5-11-28-15-18/h5-11,14-16H,3-4,12-13H2,1-2H3,(H,29,30,32)/b20-14-. The molecule has 2 heterocycles. The van der Waals surface area contributed by atoms with E-state index >= 15 is 0 Å². The highest BCUT2D eigenvalue weighted by atomic mass is 32.2. The number of amides is 1. The molecule has 0 aliphatic rings. The van der Waals surface area contributed by atoms with Crippen LogP contribution in [0.2, 0.25) is 0 Å². The molecule has 1 amide bonds. The van der Waals surface area contributed by atoms with Gasteiger partial charge in [0.05, 0.1) is 11.3 Å². The zero-order valence-electron chi connectivity index (χ0n) is 18.8. The van der Waals surface area contributed by atoms with E-state index in [9.17, 15) is 18.0 Å². The van der Waals surface area contributed by atoms with Crippen molar-refractivity contribution in [2.24, 2.45) is 0 Å². The molecule has 0 saturated carbocycles. The number of alkyl halides is 3. The quantitative estimate of drug-likeness (QED) is 0.239. The van der Waals surface area contributed by atoms with Crippen molar-refractivity contribution < 1.29 is 18.0 Å². The molecule has 0 radical (unpaired) electrons. The third kappa shape index (κ3) is 7.41. The minimum Gasteiger partial charge on any atom is -0.298 e. The Kier molecular flexibility index (Phi) is 9.26. The van der Waals surface area contributed by atoms with Gasteiger partial charge in [-0.25, -0.2) is 9.29 Å². The van der Waals surface area contributed by atoms with Crippen LogP contribution in [-0.2, 0) is 4.79 Å². The number of carbonyl (C=O) groups excluding carboxylic acids is 1. The molecule has 180 valence electrons. The van der Waals surface area contributed by atoms with Crippen LogP contribution in [0.4, 0.5) is 18.3 Å². The van der Waals surface area contributed by atoms with E-state index in [1.54, 1.807) is 42.0 Å². The van der Waals surface area contributed by atoms with Crippen LogP contribution < -0.4 is 5.32 Å². The third-order valence-electron chi connectivity index (χ3n) is 4.62. The average molecular weight is 507 g/mol. The number of hydrogen-bond donors (Lipinski definition) is 1. The second kappa shape index (κ2) is 12.1. The van der Waals surface area contributed by atoms with E-state index < -0.39 is 17.7 Å². The summed E-state index contributed by atoms with van der Waals surface area (Å²) in [6.45, 7) is 5.97. The Bertz CT molecular complexity index is 1090. The number of rotatable bonds is 10. The molecule has 5 nitrogen and oxygen atoms in total. The van der Waals surface area contributed by atoms with Gasteiger partial charge in [-0.3, -0.25) is 15.1 Å². The molecule has 1 N–H and O–H groups in total. The highest BCUT2D eigenvalue weighted by Crippen LogP contribution is 2.35. The second-order valence-electron chi connectivity index (χ2n) is 7.37. The molecule has 0 spiro atoms. The highest BCUT2D eigenvalue weighted by molar-refractivity contribution is 7.97. The molecule has 1 aromatic carbocycles. The first-order chi connectivity index (χ1) is 16.3. The molecule has 0 aliphatic carbocycles. The summed E-state index contributed by atoms with van der Waals surface area (Å²) >= 11 is 2.65. The van der Waals surface area contributed by atoms with Gasteiger partial charge in [0.15, 0.2) is 5.13 Å². The van der Waals surface area contributed by atoms with Crippen LogP contribution >= 0.6 is 23.3 Å². The van der Waals surface area contributed by atoms with Gasteiger partial charge < -0.3 is 0 Å². The fraction of sp³-hybridized carbons (Fsp3) is 0.292. The molecule has 0 atom stereocenters. The molecule has 3 aromatic rings. The zero-order valence-corrected chi connectivity index (χ0v) is 20.4. The molecular formula is C24H25F3N4OS2. The van der Waals surface area contributed by atoms with Gasteiger partial charge in [-0.1, -0.05) is 26.0 Å². The molecule has 2 aromatic heterocycles. The number of thiazole rings is 1. The first kappa shape index (κ1) is 25.9. The van der Waals surface area contributed by atoms with Crippen molar-refractivity contribution in [2.45, 2.75) is 37.8 Å². The van der Waals surface area contributed by atoms with Gasteiger partial charge in [-0.2, -0.15) is 13.2 Å². The molecule has 0 saturated heterocycles. The fourth-order valence-corrected chi connectivity index (χ4v) is 4.95. The minimum absolute atomic E-state index is 0.0697. The van der Waals surface area contributed by atoms with Crippen LogP contribution in [0, 0.1) is 0 Å². The number of carbonyl (C=O) groups is 1. The fourth-order valence-electron chi connectivity index (χ4n) is 3.13. The van der Waals surface area contributed by atoms with E-state index in [0.29, 0.717) is 11.8 Å². The van der Waals surface area contributed by atoms with Crippen molar-refractivity contribution in [2.75, 3.05) is 18.4 Å². The van der Waals surface area contributed by atoms with Crippen LogP contribution in [-0.4, -0.2) is 39.4 Å². The molecule has 10 heteroatoms. The summed E-state index contributed by atoms with van der Waals surface area (Å²) in [5.74, 6) is -0.894. The Balaban J connectivity index is 1.74. The molecule has 3 rings (SSSR count). The van der Waals surface area contributed by atoms with Crippen molar-refractivity contribution in [3.63, 3.8) is 0 Å². The van der Waals surface area contributed by atoms with E-state index in [0.717, 1.165) is 47.7 Å². The summed E-state index contributed by atoms with van der Waals surface area (Å²) in [7, 11) is 0. The maximum atomic E-state index is 13.8. The van der Waals surface area contributed by atoms with Crippen LogP contribution in [0.15, 0.2) is 65.1 Å². The highest BCUT2D eigenvalue weighted by Gasteiger charge is 2.35. The Hall–Kier alpha value is -2.69. The van der Waals surface area contributed by atoms with Crippen molar-refractivity contribution in [1.29, 1.82) is 0 Å². The number of aromatic nitrogens is 2. The number of nitrogens with zero attached hydrogens (tertiary/aromatic N) is 3. The maximum Gasteiger partial charge on any atom is 0.417 e. The monoisotopic (exact) mass is 506 g/mol. The summed E-state index contributed by atoms with van der Waals surface area (Å²) in [5, 5.41) is 4.35. The van der Waals surface area contributed by atoms with E-state index in [1.807, 2.05) is 0 Å². The lowest BCUT2D eigenvalue weighted by Gasteiger charge is -2.20. The maximum absolute atomic E-state index is 13.8. The van der Waals surface area contributed by atoms with Gasteiger partial charge >= 0.3 is 6.18 Å². The van der Waals surface area contributed by atoms with Crippen LogP contribution in [0.25, 0.3) is 16.8 Å². The largest absolute Gasteiger partial charge is 0.417 e. The number of anilines is 1. The number of halogens is 3. The summed E-state index contributed by atoms with van der Waals surface area (Å²) in [6.07, 6.45) is 1.11. The number of allylic oxidation sites excluding steroid dienone is 1. The van der Waals surface area contributed by atoms with E-state index in [2.05, 4.69) is 33.4 Å². The second-order valence-corrected chi connectivity index (χ2v) is 9.40. The summed E-state index contributed by atoms with van der Waals surface area (Å²) < 4.78 is 43.5. The Morgan fingerprint density at radius 3 is 2.44 bits per heavy atom. The summed E-state index contributed by atoms with van der Waals surface area (Å²) in [5.41, 5.74) is 0.256. The van der Waals surface area contributed by atoms with Crippen molar-refractivity contribution in [1.82, 2.24) is 14.3 Å².